The highest BCUT2D eigenvalue weighted by Crippen LogP contribution is 2.14. The fourth-order valence-electron chi connectivity index (χ4n) is 1.47. The van der Waals surface area contributed by atoms with Crippen molar-refractivity contribution in [1.29, 1.82) is 0 Å². The van der Waals surface area contributed by atoms with Crippen LogP contribution in [-0.2, 0) is 0 Å². The lowest BCUT2D eigenvalue weighted by Crippen LogP contribution is -2.19. The minimum Gasteiger partial charge on any atom is -0.267 e. The highest BCUT2D eigenvalue weighted by atomic mass is 35.5. The molecule has 0 fully saturated rings. The second kappa shape index (κ2) is 6.11. The summed E-state index contributed by atoms with van der Waals surface area (Å²) in [5.74, 6) is -0.346. The average molecular weight is 274 g/mol. The number of nitrogens with zero attached hydrogens (tertiary/aromatic N) is 2. The second-order valence-electron chi connectivity index (χ2n) is 3.83. The Kier molecular flexibility index (Phi) is 4.26. The smallest absolute Gasteiger partial charge is 0.267 e. The van der Waals surface area contributed by atoms with Gasteiger partial charge in [0, 0.05) is 6.20 Å². The molecule has 96 valence electrons. The van der Waals surface area contributed by atoms with E-state index in [4.69, 9.17) is 11.6 Å². The Bertz CT molecular complexity index is 611. The lowest BCUT2D eigenvalue weighted by atomic mass is 10.2. The number of benzene rings is 1. The molecule has 19 heavy (non-hydrogen) atoms. The molecule has 0 aliphatic heterocycles. The van der Waals surface area contributed by atoms with Crippen molar-refractivity contribution in [2.75, 3.05) is 0 Å². The van der Waals surface area contributed by atoms with Crippen LogP contribution < -0.4 is 5.43 Å². The Labute approximate surface area is 116 Å². The summed E-state index contributed by atoms with van der Waals surface area (Å²) >= 11 is 5.93. The molecule has 2 rings (SSSR count). The van der Waals surface area contributed by atoms with E-state index in [1.54, 1.807) is 37.4 Å². The third-order valence-electron chi connectivity index (χ3n) is 2.48. The van der Waals surface area contributed by atoms with Gasteiger partial charge < -0.3 is 0 Å². The summed E-state index contributed by atoms with van der Waals surface area (Å²) in [4.78, 5) is 16.0. The van der Waals surface area contributed by atoms with Crippen molar-refractivity contribution in [3.05, 3.63) is 64.9 Å². The Balaban J connectivity index is 2.11. The highest BCUT2D eigenvalue weighted by molar-refractivity contribution is 6.33. The molecule has 1 N–H and O–H groups in total. The molecule has 4 nitrogen and oxygen atoms in total. The second-order valence-corrected chi connectivity index (χ2v) is 4.24. The van der Waals surface area contributed by atoms with Gasteiger partial charge in [-0.15, -0.1) is 0 Å². The van der Waals surface area contributed by atoms with Gasteiger partial charge in [-0.2, -0.15) is 5.10 Å². The van der Waals surface area contributed by atoms with Crippen LogP contribution in [0.2, 0.25) is 5.02 Å². The molecule has 1 heterocycles. The molecule has 5 heteroatoms. The topological polar surface area (TPSA) is 54.4 Å². The molecule has 0 spiro atoms. The van der Waals surface area contributed by atoms with Crippen LogP contribution in [-0.4, -0.2) is 16.6 Å². The number of carbonyl (C=O) groups is 1. The fourth-order valence-corrected chi connectivity index (χ4v) is 1.70. The Morgan fingerprint density at radius 1 is 1.21 bits per heavy atom. The monoisotopic (exact) mass is 273 g/mol. The van der Waals surface area contributed by atoms with E-state index in [0.29, 0.717) is 22.0 Å². The van der Waals surface area contributed by atoms with E-state index < -0.39 is 0 Å². The number of hydrogen-bond donors (Lipinski definition) is 1. The maximum absolute atomic E-state index is 11.9. The van der Waals surface area contributed by atoms with E-state index in [-0.39, 0.29) is 5.91 Å². The van der Waals surface area contributed by atoms with Crippen molar-refractivity contribution in [2.24, 2.45) is 5.10 Å². The van der Waals surface area contributed by atoms with Crippen molar-refractivity contribution in [3.8, 4) is 0 Å². The van der Waals surface area contributed by atoms with Gasteiger partial charge in [0.15, 0.2) is 0 Å². The van der Waals surface area contributed by atoms with Crippen LogP contribution in [0.5, 0.6) is 0 Å². The van der Waals surface area contributed by atoms with Gasteiger partial charge in [0.05, 0.1) is 22.0 Å². The quantitative estimate of drug-likeness (QED) is 0.690. The van der Waals surface area contributed by atoms with Crippen LogP contribution in [0, 0.1) is 0 Å². The van der Waals surface area contributed by atoms with E-state index in [9.17, 15) is 4.79 Å². The number of aromatic nitrogens is 1. The van der Waals surface area contributed by atoms with E-state index >= 15 is 0 Å². The van der Waals surface area contributed by atoms with Gasteiger partial charge in [-0.05, 0) is 31.2 Å². The highest BCUT2D eigenvalue weighted by Gasteiger charge is 2.08. The number of rotatable bonds is 3. The van der Waals surface area contributed by atoms with Crippen molar-refractivity contribution in [1.82, 2.24) is 10.4 Å². The van der Waals surface area contributed by atoms with Gasteiger partial charge in [-0.25, -0.2) is 5.43 Å². The molecular formula is C14H12ClN3O. The zero-order valence-corrected chi connectivity index (χ0v) is 11.1. The van der Waals surface area contributed by atoms with Gasteiger partial charge in [0.25, 0.3) is 5.91 Å². The molecule has 1 amide bonds. The number of amides is 1. The molecule has 0 radical (unpaired) electrons. The first-order chi connectivity index (χ1) is 9.18. The van der Waals surface area contributed by atoms with Gasteiger partial charge >= 0.3 is 0 Å². The molecular weight excluding hydrogens is 262 g/mol. The number of pyridine rings is 1. The third kappa shape index (κ3) is 3.39. The normalized spacial score (nSPS) is 11.2. The van der Waals surface area contributed by atoms with E-state index in [0.717, 1.165) is 0 Å². The lowest BCUT2D eigenvalue weighted by molar-refractivity contribution is 0.0955. The minimum atomic E-state index is -0.346. The van der Waals surface area contributed by atoms with Gasteiger partial charge in [0.2, 0.25) is 0 Å². The summed E-state index contributed by atoms with van der Waals surface area (Å²) in [6.07, 6.45) is 1.67. The van der Waals surface area contributed by atoms with E-state index in [1.165, 1.54) is 0 Å². The SMILES string of the molecule is C/C(=N/NC(=O)c1ccccc1Cl)c1ccccn1. The minimum absolute atomic E-state index is 0.346. The van der Waals surface area contributed by atoms with Crippen LogP contribution in [0.15, 0.2) is 53.8 Å². The van der Waals surface area contributed by atoms with Gasteiger partial charge in [0.1, 0.15) is 0 Å². The largest absolute Gasteiger partial charge is 0.272 e. The molecule has 0 bridgehead atoms. The average Bonchev–Trinajstić information content (AvgIpc) is 2.46. The Morgan fingerprint density at radius 3 is 2.63 bits per heavy atom. The number of nitrogens with one attached hydrogen (secondary N) is 1. The van der Waals surface area contributed by atoms with Crippen LogP contribution in [0.1, 0.15) is 23.0 Å². The van der Waals surface area contributed by atoms with Crippen LogP contribution in [0.4, 0.5) is 0 Å². The zero-order valence-electron chi connectivity index (χ0n) is 10.3. The number of hydrogen-bond acceptors (Lipinski definition) is 3. The summed E-state index contributed by atoms with van der Waals surface area (Å²) in [6.45, 7) is 1.77. The van der Waals surface area contributed by atoms with Crippen LogP contribution >= 0.6 is 11.6 Å². The third-order valence-corrected chi connectivity index (χ3v) is 2.81. The maximum atomic E-state index is 11.9. The zero-order chi connectivity index (χ0) is 13.7. The lowest BCUT2D eigenvalue weighted by Gasteiger charge is -2.03. The molecule has 2 aromatic rings. The summed E-state index contributed by atoms with van der Waals surface area (Å²) in [5.41, 5.74) is 4.19. The predicted molar refractivity (Wildman–Crippen MR) is 75.4 cm³/mol. The van der Waals surface area contributed by atoms with Crippen LogP contribution in [0.25, 0.3) is 0 Å². The number of hydrazone groups is 1. The summed E-state index contributed by atoms with van der Waals surface area (Å²) in [7, 11) is 0. The number of halogens is 1. The van der Waals surface area contributed by atoms with Gasteiger partial charge in [-0.1, -0.05) is 29.8 Å². The number of carbonyl (C=O) groups excluding carboxylic acids is 1. The molecule has 0 saturated carbocycles. The summed E-state index contributed by atoms with van der Waals surface area (Å²) < 4.78 is 0. The molecule has 1 aromatic heterocycles. The van der Waals surface area contributed by atoms with Crippen molar-refractivity contribution >= 4 is 23.2 Å². The van der Waals surface area contributed by atoms with Crippen LogP contribution in [0.3, 0.4) is 0 Å². The van der Waals surface area contributed by atoms with Crippen molar-refractivity contribution in [3.63, 3.8) is 0 Å². The summed E-state index contributed by atoms with van der Waals surface area (Å²) in [5, 5.41) is 4.40. The first-order valence-corrected chi connectivity index (χ1v) is 6.07. The standard InChI is InChI=1S/C14H12ClN3O/c1-10(13-8-4-5-9-16-13)17-18-14(19)11-6-2-3-7-12(11)15/h2-9H,1H3,(H,18,19)/b17-10-. The molecule has 0 aliphatic rings. The predicted octanol–water partition coefficient (Wildman–Crippen LogP) is 2.89. The fraction of sp³-hybridized carbons (Fsp3) is 0.0714. The van der Waals surface area contributed by atoms with E-state index in [1.807, 2.05) is 18.2 Å². The van der Waals surface area contributed by atoms with Crippen molar-refractivity contribution in [2.45, 2.75) is 6.92 Å². The Hall–Kier alpha value is -2.20. The van der Waals surface area contributed by atoms with E-state index in [2.05, 4.69) is 15.5 Å². The first kappa shape index (κ1) is 13.2. The molecule has 0 aliphatic carbocycles. The first-order valence-electron chi connectivity index (χ1n) is 5.69. The molecule has 0 unspecified atom stereocenters. The molecule has 1 aromatic carbocycles. The summed E-state index contributed by atoms with van der Waals surface area (Å²) in [6, 6.07) is 12.3. The molecule has 0 saturated heterocycles. The Morgan fingerprint density at radius 2 is 1.95 bits per heavy atom. The van der Waals surface area contributed by atoms with Gasteiger partial charge in [-0.3, -0.25) is 9.78 Å². The maximum Gasteiger partial charge on any atom is 0.272 e. The molecule has 0 atom stereocenters. The van der Waals surface area contributed by atoms with Crippen molar-refractivity contribution < 1.29 is 4.79 Å².